The number of carbonyl (C=O) groups is 2. The van der Waals surface area contributed by atoms with Crippen molar-refractivity contribution in [2.24, 2.45) is 0 Å². The molecule has 0 aliphatic rings. The Kier molecular flexibility index (Phi) is 5.51. The maximum Gasteiger partial charge on any atom is 0.291 e. The zero-order valence-corrected chi connectivity index (χ0v) is 14.5. The summed E-state index contributed by atoms with van der Waals surface area (Å²) in [6, 6.07) is 14.7. The molecule has 7 heteroatoms. The van der Waals surface area contributed by atoms with E-state index in [1.54, 1.807) is 6.07 Å². The topological polar surface area (TPSA) is 80.6 Å². The monoisotopic (exact) mass is 368 g/mol. The summed E-state index contributed by atoms with van der Waals surface area (Å²) in [6.45, 7) is 1.43. The summed E-state index contributed by atoms with van der Waals surface area (Å²) >= 11 is 0. The minimum Gasteiger partial charge on any atom is -0.489 e. The van der Waals surface area contributed by atoms with Crippen LogP contribution in [-0.4, -0.2) is 11.8 Å². The van der Waals surface area contributed by atoms with Crippen LogP contribution >= 0.6 is 0 Å². The molecular formula is C20H17FN2O4. The van der Waals surface area contributed by atoms with Gasteiger partial charge in [0.15, 0.2) is 5.76 Å². The van der Waals surface area contributed by atoms with Crippen LogP contribution in [0.3, 0.4) is 0 Å². The van der Waals surface area contributed by atoms with E-state index in [4.69, 9.17) is 9.15 Å². The van der Waals surface area contributed by atoms with Crippen molar-refractivity contribution in [3.63, 3.8) is 0 Å². The average molecular weight is 368 g/mol. The van der Waals surface area contributed by atoms with Gasteiger partial charge in [-0.05, 0) is 36.4 Å². The van der Waals surface area contributed by atoms with E-state index in [9.17, 15) is 14.0 Å². The third kappa shape index (κ3) is 4.72. The van der Waals surface area contributed by atoms with Crippen molar-refractivity contribution in [1.29, 1.82) is 0 Å². The Balaban J connectivity index is 1.70. The molecule has 1 aromatic heterocycles. The van der Waals surface area contributed by atoms with E-state index < -0.39 is 17.6 Å². The summed E-state index contributed by atoms with van der Waals surface area (Å²) in [7, 11) is 0. The maximum absolute atomic E-state index is 13.7. The van der Waals surface area contributed by atoms with Crippen molar-refractivity contribution in [2.45, 2.75) is 13.5 Å². The van der Waals surface area contributed by atoms with Gasteiger partial charge in [0.1, 0.15) is 18.2 Å². The van der Waals surface area contributed by atoms with Gasteiger partial charge in [0.25, 0.3) is 5.91 Å². The molecule has 0 saturated carbocycles. The first-order valence-electron chi connectivity index (χ1n) is 8.15. The number of hydrogen-bond donors (Lipinski definition) is 2. The number of para-hydroxylation sites is 1. The molecule has 2 N–H and O–H groups in total. The standard InChI is InChI=1S/C20H17FN2O4/c1-13(24)22-18-11-15(7-8-17(18)21)23-20(25)19-14(9-10-26-19)12-27-16-5-3-2-4-6-16/h2-11H,12H2,1H3,(H,22,24)(H,23,25). The van der Waals surface area contributed by atoms with E-state index in [0.29, 0.717) is 17.0 Å². The van der Waals surface area contributed by atoms with Gasteiger partial charge < -0.3 is 19.8 Å². The van der Waals surface area contributed by atoms with Gasteiger partial charge in [-0.25, -0.2) is 4.39 Å². The van der Waals surface area contributed by atoms with Gasteiger partial charge in [0, 0.05) is 18.2 Å². The van der Waals surface area contributed by atoms with Crippen molar-refractivity contribution in [2.75, 3.05) is 10.6 Å². The van der Waals surface area contributed by atoms with E-state index in [2.05, 4.69) is 10.6 Å². The Hall–Kier alpha value is -3.61. The van der Waals surface area contributed by atoms with Crippen molar-refractivity contribution in [3.8, 4) is 5.75 Å². The van der Waals surface area contributed by atoms with E-state index in [0.717, 1.165) is 6.07 Å². The highest BCUT2D eigenvalue weighted by atomic mass is 19.1. The number of nitrogens with one attached hydrogen (secondary N) is 2. The van der Waals surface area contributed by atoms with Crippen LogP contribution in [0.5, 0.6) is 5.75 Å². The number of benzene rings is 2. The Bertz CT molecular complexity index is 954. The second-order valence-electron chi connectivity index (χ2n) is 5.71. The van der Waals surface area contributed by atoms with Crippen molar-refractivity contribution in [3.05, 3.63) is 78.0 Å². The summed E-state index contributed by atoms with van der Waals surface area (Å²) in [5.41, 5.74) is 0.865. The summed E-state index contributed by atoms with van der Waals surface area (Å²) < 4.78 is 24.6. The number of amides is 2. The van der Waals surface area contributed by atoms with Crippen LogP contribution in [0.15, 0.2) is 65.3 Å². The molecule has 0 fully saturated rings. The van der Waals surface area contributed by atoms with E-state index in [1.807, 2.05) is 30.3 Å². The molecular weight excluding hydrogens is 351 g/mol. The predicted molar refractivity (Wildman–Crippen MR) is 98.1 cm³/mol. The van der Waals surface area contributed by atoms with Crippen LogP contribution in [0.4, 0.5) is 15.8 Å². The minimum atomic E-state index is -0.599. The normalized spacial score (nSPS) is 10.3. The second-order valence-corrected chi connectivity index (χ2v) is 5.71. The Morgan fingerprint density at radius 1 is 1.07 bits per heavy atom. The van der Waals surface area contributed by atoms with Crippen LogP contribution in [0.2, 0.25) is 0 Å². The first-order chi connectivity index (χ1) is 13.0. The molecule has 6 nitrogen and oxygen atoms in total. The lowest BCUT2D eigenvalue weighted by Crippen LogP contribution is -2.14. The number of anilines is 2. The van der Waals surface area contributed by atoms with Crippen molar-refractivity contribution in [1.82, 2.24) is 0 Å². The molecule has 27 heavy (non-hydrogen) atoms. The van der Waals surface area contributed by atoms with Crippen LogP contribution in [0.1, 0.15) is 23.0 Å². The highest BCUT2D eigenvalue weighted by Crippen LogP contribution is 2.22. The van der Waals surface area contributed by atoms with Crippen molar-refractivity contribution < 1.29 is 23.1 Å². The van der Waals surface area contributed by atoms with Gasteiger partial charge in [0.05, 0.1) is 12.0 Å². The Morgan fingerprint density at radius 2 is 1.85 bits per heavy atom. The van der Waals surface area contributed by atoms with Crippen LogP contribution < -0.4 is 15.4 Å². The second kappa shape index (κ2) is 8.18. The SMILES string of the molecule is CC(=O)Nc1cc(NC(=O)c2occc2COc2ccccc2)ccc1F. The van der Waals surface area contributed by atoms with E-state index in [-0.39, 0.29) is 18.1 Å². The fourth-order valence-electron chi connectivity index (χ4n) is 2.40. The smallest absolute Gasteiger partial charge is 0.291 e. The summed E-state index contributed by atoms with van der Waals surface area (Å²) in [4.78, 5) is 23.6. The molecule has 3 rings (SSSR count). The first kappa shape index (κ1) is 18.2. The van der Waals surface area contributed by atoms with Crippen LogP contribution in [0, 0.1) is 5.82 Å². The molecule has 0 aliphatic carbocycles. The minimum absolute atomic E-state index is 0.0209. The van der Waals surface area contributed by atoms with Crippen molar-refractivity contribution >= 4 is 23.2 Å². The van der Waals surface area contributed by atoms with Gasteiger partial charge in [0.2, 0.25) is 5.91 Å². The largest absolute Gasteiger partial charge is 0.489 e. The number of halogens is 1. The molecule has 1 heterocycles. The highest BCUT2D eigenvalue weighted by Gasteiger charge is 2.17. The Labute approximate surface area is 155 Å². The van der Waals surface area contributed by atoms with Gasteiger partial charge in [-0.15, -0.1) is 0 Å². The Morgan fingerprint density at radius 3 is 2.59 bits per heavy atom. The molecule has 3 aromatic rings. The number of hydrogen-bond acceptors (Lipinski definition) is 4. The summed E-state index contributed by atoms with van der Waals surface area (Å²) in [5, 5.41) is 4.98. The third-order valence-electron chi connectivity index (χ3n) is 3.63. The fraction of sp³-hybridized carbons (Fsp3) is 0.100. The lowest BCUT2D eigenvalue weighted by molar-refractivity contribution is -0.114. The number of rotatable bonds is 6. The van der Waals surface area contributed by atoms with Gasteiger partial charge >= 0.3 is 0 Å². The van der Waals surface area contributed by atoms with Crippen LogP contribution in [-0.2, 0) is 11.4 Å². The molecule has 0 bridgehead atoms. The first-order valence-corrected chi connectivity index (χ1v) is 8.15. The summed E-state index contributed by atoms with van der Waals surface area (Å²) in [5.74, 6) is -0.756. The molecule has 2 aromatic carbocycles. The lowest BCUT2D eigenvalue weighted by Gasteiger charge is -2.09. The quantitative estimate of drug-likeness (QED) is 0.683. The predicted octanol–water partition coefficient (Wildman–Crippen LogP) is 4.21. The zero-order chi connectivity index (χ0) is 19.2. The molecule has 0 spiro atoms. The number of carbonyl (C=O) groups excluding carboxylic acids is 2. The van der Waals surface area contributed by atoms with Crippen LogP contribution in [0.25, 0.3) is 0 Å². The highest BCUT2D eigenvalue weighted by molar-refractivity contribution is 6.03. The van der Waals surface area contributed by atoms with E-state index in [1.165, 1.54) is 25.3 Å². The average Bonchev–Trinajstić information content (AvgIpc) is 3.12. The third-order valence-corrected chi connectivity index (χ3v) is 3.63. The molecule has 0 saturated heterocycles. The van der Waals surface area contributed by atoms with Gasteiger partial charge in [-0.3, -0.25) is 9.59 Å². The molecule has 0 aliphatic heterocycles. The lowest BCUT2D eigenvalue weighted by atomic mass is 10.2. The fourth-order valence-corrected chi connectivity index (χ4v) is 2.40. The molecule has 0 unspecified atom stereocenters. The zero-order valence-electron chi connectivity index (χ0n) is 14.5. The van der Waals surface area contributed by atoms with Gasteiger partial charge in [-0.2, -0.15) is 0 Å². The number of furan rings is 1. The molecule has 2 amide bonds. The molecule has 0 atom stereocenters. The summed E-state index contributed by atoms with van der Waals surface area (Å²) in [6.07, 6.45) is 1.39. The van der Waals surface area contributed by atoms with E-state index >= 15 is 0 Å². The number of ether oxygens (including phenoxy) is 1. The maximum atomic E-state index is 13.7. The molecule has 0 radical (unpaired) electrons. The van der Waals surface area contributed by atoms with Gasteiger partial charge in [-0.1, -0.05) is 18.2 Å². The molecule has 138 valence electrons.